The van der Waals surface area contributed by atoms with Gasteiger partial charge >= 0.3 is 6.09 Å². The Balaban J connectivity index is 2.08. The Bertz CT molecular complexity index is 252. The summed E-state index contributed by atoms with van der Waals surface area (Å²) in [5, 5.41) is 5.95. The number of hydrogen-bond donors (Lipinski definition) is 2. The van der Waals surface area contributed by atoms with Gasteiger partial charge in [0.05, 0.1) is 0 Å². The second-order valence-corrected chi connectivity index (χ2v) is 5.29. The fraction of sp³-hybridized carbons (Fsp3) is 0.750. The first-order valence-electron chi connectivity index (χ1n) is 5.74. The third-order valence-electron chi connectivity index (χ3n) is 2.52. The predicted molar refractivity (Wildman–Crippen MR) is 64.1 cm³/mol. The van der Waals surface area contributed by atoms with Crippen LogP contribution in [-0.4, -0.2) is 24.3 Å². The third kappa shape index (κ3) is 4.55. The highest BCUT2D eigenvalue weighted by atomic mass is 16.6. The molecule has 4 nitrogen and oxygen atoms in total. The molecule has 0 bridgehead atoms. The molecule has 0 aromatic rings. The zero-order valence-corrected chi connectivity index (χ0v) is 10.4. The maximum absolute atomic E-state index is 11.3. The summed E-state index contributed by atoms with van der Waals surface area (Å²) in [5.74, 6) is 0.560. The predicted octanol–water partition coefficient (Wildman–Crippen LogP) is 2.02. The zero-order chi connectivity index (χ0) is 12.2. The van der Waals surface area contributed by atoms with E-state index in [2.05, 4.69) is 17.2 Å². The van der Waals surface area contributed by atoms with Gasteiger partial charge in [0, 0.05) is 12.6 Å². The van der Waals surface area contributed by atoms with Gasteiger partial charge in [-0.05, 0) is 45.7 Å². The zero-order valence-electron chi connectivity index (χ0n) is 10.4. The molecule has 0 unspecified atom stereocenters. The lowest BCUT2D eigenvalue weighted by molar-refractivity contribution is 0.0505. The smallest absolute Gasteiger partial charge is 0.407 e. The molecule has 4 heteroatoms. The number of amides is 1. The molecule has 1 amide bonds. The molecule has 0 heterocycles. The maximum Gasteiger partial charge on any atom is 0.407 e. The lowest BCUT2D eigenvalue weighted by atomic mass is 9.80. The van der Waals surface area contributed by atoms with Crippen LogP contribution in [0.3, 0.4) is 0 Å². The molecule has 2 N–H and O–H groups in total. The first-order valence-corrected chi connectivity index (χ1v) is 5.74. The van der Waals surface area contributed by atoms with E-state index in [1.165, 1.54) is 0 Å². The lowest BCUT2D eigenvalue weighted by Gasteiger charge is -2.35. The van der Waals surface area contributed by atoms with Crippen molar-refractivity contribution in [1.82, 2.24) is 10.6 Å². The van der Waals surface area contributed by atoms with E-state index < -0.39 is 5.60 Å². The molecule has 0 atom stereocenters. The van der Waals surface area contributed by atoms with E-state index in [4.69, 9.17) is 4.74 Å². The standard InChI is InChI=1S/C12H22N2O2/c1-5-13-10-6-9(7-10)8-14-11(15)16-12(2,3)4/h5,9-10,13H,1,6-8H2,2-4H3,(H,14,15)/t9-,10-. The summed E-state index contributed by atoms with van der Waals surface area (Å²) in [6, 6.07) is 0.530. The van der Waals surface area contributed by atoms with Gasteiger partial charge in [-0.25, -0.2) is 4.79 Å². The monoisotopic (exact) mass is 226 g/mol. The first kappa shape index (κ1) is 12.9. The number of rotatable bonds is 4. The summed E-state index contributed by atoms with van der Waals surface area (Å²) >= 11 is 0. The van der Waals surface area contributed by atoms with E-state index in [1.807, 2.05) is 20.8 Å². The van der Waals surface area contributed by atoms with E-state index in [0.717, 1.165) is 12.8 Å². The van der Waals surface area contributed by atoms with Gasteiger partial charge in [0.1, 0.15) is 5.60 Å². The summed E-state index contributed by atoms with van der Waals surface area (Å²) in [7, 11) is 0. The Morgan fingerprint density at radius 2 is 2.12 bits per heavy atom. The van der Waals surface area contributed by atoms with Crippen LogP contribution >= 0.6 is 0 Å². The molecule has 1 fully saturated rings. The summed E-state index contributed by atoms with van der Waals surface area (Å²) in [6.07, 6.45) is 3.57. The number of alkyl carbamates (subject to hydrolysis) is 1. The van der Waals surface area contributed by atoms with Crippen molar-refractivity contribution in [2.24, 2.45) is 5.92 Å². The van der Waals surface area contributed by atoms with Gasteiger partial charge in [-0.1, -0.05) is 6.58 Å². The Kier molecular flexibility index (Phi) is 4.21. The number of carbonyl (C=O) groups is 1. The number of nitrogens with one attached hydrogen (secondary N) is 2. The quantitative estimate of drug-likeness (QED) is 0.771. The van der Waals surface area contributed by atoms with Crippen LogP contribution in [0.15, 0.2) is 12.8 Å². The Hall–Kier alpha value is -1.19. The van der Waals surface area contributed by atoms with Gasteiger partial charge in [-0.3, -0.25) is 0 Å². The van der Waals surface area contributed by atoms with Crippen molar-refractivity contribution in [3.8, 4) is 0 Å². The first-order chi connectivity index (χ1) is 7.40. The summed E-state index contributed by atoms with van der Waals surface area (Å²) in [5.41, 5.74) is -0.420. The highest BCUT2D eigenvalue weighted by Crippen LogP contribution is 2.26. The summed E-state index contributed by atoms with van der Waals surface area (Å²) in [4.78, 5) is 11.3. The van der Waals surface area contributed by atoms with Crippen LogP contribution in [0.5, 0.6) is 0 Å². The fourth-order valence-electron chi connectivity index (χ4n) is 1.75. The highest BCUT2D eigenvalue weighted by Gasteiger charge is 2.28. The van der Waals surface area contributed by atoms with Crippen LogP contribution < -0.4 is 10.6 Å². The average Bonchev–Trinajstić information content (AvgIpc) is 2.05. The van der Waals surface area contributed by atoms with Crippen molar-refractivity contribution in [2.75, 3.05) is 6.54 Å². The topological polar surface area (TPSA) is 50.4 Å². The van der Waals surface area contributed by atoms with Crippen molar-refractivity contribution in [2.45, 2.75) is 45.3 Å². The van der Waals surface area contributed by atoms with Crippen LogP contribution in [0.25, 0.3) is 0 Å². The molecular formula is C12H22N2O2. The molecule has 0 radical (unpaired) electrons. The van der Waals surface area contributed by atoms with Gasteiger partial charge in [-0.15, -0.1) is 0 Å². The minimum absolute atomic E-state index is 0.326. The minimum Gasteiger partial charge on any atom is -0.444 e. The van der Waals surface area contributed by atoms with Gasteiger partial charge < -0.3 is 15.4 Å². The molecule has 1 rings (SSSR count). The lowest BCUT2D eigenvalue weighted by Crippen LogP contribution is -2.44. The second-order valence-electron chi connectivity index (χ2n) is 5.29. The van der Waals surface area contributed by atoms with Gasteiger partial charge in [-0.2, -0.15) is 0 Å². The van der Waals surface area contributed by atoms with Crippen molar-refractivity contribution in [1.29, 1.82) is 0 Å². The summed E-state index contributed by atoms with van der Waals surface area (Å²) < 4.78 is 5.15. The van der Waals surface area contributed by atoms with E-state index in [0.29, 0.717) is 18.5 Å². The molecule has 0 spiro atoms. The normalized spacial score (nSPS) is 24.2. The Labute approximate surface area is 97.4 Å². The molecule has 0 aromatic heterocycles. The minimum atomic E-state index is -0.420. The van der Waals surface area contributed by atoms with Crippen LogP contribution in [-0.2, 0) is 4.74 Å². The third-order valence-corrected chi connectivity index (χ3v) is 2.52. The van der Waals surface area contributed by atoms with Crippen molar-refractivity contribution >= 4 is 6.09 Å². The molecule has 1 saturated carbocycles. The van der Waals surface area contributed by atoms with Gasteiger partial charge in [0.25, 0.3) is 0 Å². The molecule has 0 aliphatic heterocycles. The van der Waals surface area contributed by atoms with Crippen molar-refractivity contribution < 1.29 is 9.53 Å². The van der Waals surface area contributed by atoms with Gasteiger partial charge in [0.2, 0.25) is 0 Å². The average molecular weight is 226 g/mol. The summed E-state index contributed by atoms with van der Waals surface area (Å²) in [6.45, 7) is 9.90. The number of carbonyl (C=O) groups excluding carboxylic acids is 1. The largest absolute Gasteiger partial charge is 0.444 e. The number of ether oxygens (including phenoxy) is 1. The van der Waals surface area contributed by atoms with E-state index in [9.17, 15) is 4.79 Å². The molecule has 1 aliphatic rings. The van der Waals surface area contributed by atoms with Crippen molar-refractivity contribution in [3.63, 3.8) is 0 Å². The second kappa shape index (κ2) is 5.23. The fourth-order valence-corrected chi connectivity index (χ4v) is 1.75. The van der Waals surface area contributed by atoms with Crippen LogP contribution in [0.1, 0.15) is 33.6 Å². The van der Waals surface area contributed by atoms with Crippen LogP contribution in [0.4, 0.5) is 4.79 Å². The van der Waals surface area contributed by atoms with Crippen molar-refractivity contribution in [3.05, 3.63) is 12.8 Å². The van der Waals surface area contributed by atoms with E-state index in [-0.39, 0.29) is 6.09 Å². The van der Waals surface area contributed by atoms with Crippen LogP contribution in [0, 0.1) is 5.92 Å². The molecule has 16 heavy (non-hydrogen) atoms. The van der Waals surface area contributed by atoms with Crippen LogP contribution in [0.2, 0.25) is 0 Å². The van der Waals surface area contributed by atoms with E-state index >= 15 is 0 Å². The molecule has 1 aliphatic carbocycles. The molecule has 0 saturated heterocycles. The maximum atomic E-state index is 11.3. The molecular weight excluding hydrogens is 204 g/mol. The molecule has 92 valence electrons. The number of hydrogen-bond acceptors (Lipinski definition) is 3. The highest BCUT2D eigenvalue weighted by molar-refractivity contribution is 5.67. The SMILES string of the molecule is C=CN[C@H]1C[C@H](CNC(=O)OC(C)(C)C)C1. The molecule has 0 aromatic carbocycles. The van der Waals surface area contributed by atoms with Gasteiger partial charge in [0.15, 0.2) is 0 Å². The Morgan fingerprint density at radius 1 is 1.50 bits per heavy atom. The Morgan fingerprint density at radius 3 is 2.62 bits per heavy atom. The van der Waals surface area contributed by atoms with E-state index in [1.54, 1.807) is 6.20 Å².